The molecule has 1 N–H and O–H groups in total. The summed E-state index contributed by atoms with van der Waals surface area (Å²) in [5, 5.41) is 7.63. The van der Waals surface area contributed by atoms with Crippen LogP contribution in [0.15, 0.2) is 36.4 Å². The molecule has 1 fully saturated rings. The van der Waals surface area contributed by atoms with Crippen molar-refractivity contribution in [1.29, 1.82) is 0 Å². The molecule has 158 valence electrons. The highest BCUT2D eigenvalue weighted by Crippen LogP contribution is 2.26. The second kappa shape index (κ2) is 8.14. The summed E-state index contributed by atoms with van der Waals surface area (Å²) in [6, 6.07) is 9.95. The van der Waals surface area contributed by atoms with Crippen molar-refractivity contribution in [3.63, 3.8) is 0 Å². The number of hydrogen-bond acceptors (Lipinski definition) is 4. The average Bonchev–Trinajstić information content (AvgIpc) is 3.36. The summed E-state index contributed by atoms with van der Waals surface area (Å²) in [6.07, 6.45) is 2.43. The molecule has 0 aliphatic carbocycles. The fourth-order valence-corrected chi connectivity index (χ4v) is 3.73. The molecule has 3 aromatic rings. The van der Waals surface area contributed by atoms with Gasteiger partial charge in [0, 0.05) is 30.1 Å². The molecule has 0 bridgehead atoms. The molecule has 7 heteroatoms. The molecule has 30 heavy (non-hydrogen) atoms. The fraction of sp³-hybridized carbons (Fsp3) is 0.435. The Hall–Kier alpha value is -2.80. The van der Waals surface area contributed by atoms with Gasteiger partial charge < -0.3 is 10.2 Å². The number of amides is 1. The van der Waals surface area contributed by atoms with Crippen molar-refractivity contribution in [2.45, 2.75) is 39.0 Å². The number of fused-ring (bicyclic) bond motifs is 1. The number of likely N-dealkylation sites (tertiary alicyclic amines) is 1. The SMILES string of the molecule is CC(C)(C)c1cc2nc(-c3ccccc3F)cc(C(=O)NCCN3CCCC3)n2n1. The van der Waals surface area contributed by atoms with E-state index in [1.54, 1.807) is 28.8 Å². The van der Waals surface area contributed by atoms with Gasteiger partial charge in [0.05, 0.1) is 11.4 Å². The zero-order chi connectivity index (χ0) is 21.3. The Bertz CT molecular complexity index is 1060. The first-order chi connectivity index (χ1) is 14.3. The van der Waals surface area contributed by atoms with Gasteiger partial charge in [-0.3, -0.25) is 4.79 Å². The molecule has 3 heterocycles. The second-order valence-corrected chi connectivity index (χ2v) is 8.86. The Labute approximate surface area is 176 Å². The molecule has 4 rings (SSSR count). The molecule has 0 saturated carbocycles. The van der Waals surface area contributed by atoms with Crippen molar-refractivity contribution >= 4 is 11.6 Å². The van der Waals surface area contributed by atoms with E-state index in [1.165, 1.54) is 18.9 Å². The first kappa shape index (κ1) is 20.5. The van der Waals surface area contributed by atoms with Gasteiger partial charge in [-0.25, -0.2) is 13.9 Å². The first-order valence-electron chi connectivity index (χ1n) is 10.5. The van der Waals surface area contributed by atoms with Crippen LogP contribution < -0.4 is 5.32 Å². The Morgan fingerprint density at radius 2 is 1.90 bits per heavy atom. The Morgan fingerprint density at radius 1 is 1.17 bits per heavy atom. The van der Waals surface area contributed by atoms with Crippen molar-refractivity contribution < 1.29 is 9.18 Å². The summed E-state index contributed by atoms with van der Waals surface area (Å²) in [5.41, 5.74) is 2.30. The molecule has 0 unspecified atom stereocenters. The summed E-state index contributed by atoms with van der Waals surface area (Å²) in [6.45, 7) is 9.73. The summed E-state index contributed by atoms with van der Waals surface area (Å²) >= 11 is 0. The van der Waals surface area contributed by atoms with E-state index in [0.717, 1.165) is 25.3 Å². The fourth-order valence-electron chi connectivity index (χ4n) is 3.73. The minimum Gasteiger partial charge on any atom is -0.349 e. The normalized spacial score (nSPS) is 15.1. The molecule has 2 aromatic heterocycles. The molecule has 1 aromatic carbocycles. The zero-order valence-electron chi connectivity index (χ0n) is 17.8. The van der Waals surface area contributed by atoms with E-state index >= 15 is 0 Å². The van der Waals surface area contributed by atoms with E-state index in [4.69, 9.17) is 0 Å². The van der Waals surface area contributed by atoms with Crippen LogP contribution in [0.5, 0.6) is 0 Å². The highest BCUT2D eigenvalue weighted by molar-refractivity contribution is 5.94. The Balaban J connectivity index is 1.70. The number of rotatable bonds is 5. The number of carbonyl (C=O) groups excluding carboxylic acids is 1. The number of halogens is 1. The van der Waals surface area contributed by atoms with E-state index in [2.05, 4.69) is 41.1 Å². The number of nitrogens with one attached hydrogen (secondary N) is 1. The summed E-state index contributed by atoms with van der Waals surface area (Å²) in [5.74, 6) is -0.604. The molecule has 1 saturated heterocycles. The van der Waals surface area contributed by atoms with Crippen LogP contribution in [0.1, 0.15) is 49.8 Å². The molecule has 1 aliphatic heterocycles. The monoisotopic (exact) mass is 409 g/mol. The molecule has 1 amide bonds. The highest BCUT2D eigenvalue weighted by Gasteiger charge is 2.22. The lowest BCUT2D eigenvalue weighted by molar-refractivity contribution is 0.0942. The van der Waals surface area contributed by atoms with Crippen molar-refractivity contribution in [2.75, 3.05) is 26.2 Å². The molecule has 1 aliphatic rings. The van der Waals surface area contributed by atoms with Crippen molar-refractivity contribution in [2.24, 2.45) is 0 Å². The number of nitrogens with zero attached hydrogens (tertiary/aromatic N) is 4. The molecular formula is C23H28FN5O. The third-order valence-electron chi connectivity index (χ3n) is 5.49. The van der Waals surface area contributed by atoms with Crippen molar-refractivity contribution in [3.8, 4) is 11.3 Å². The lowest BCUT2D eigenvalue weighted by Gasteiger charge is -2.15. The van der Waals surface area contributed by atoms with Gasteiger partial charge in [0.1, 0.15) is 11.5 Å². The van der Waals surface area contributed by atoms with E-state index < -0.39 is 0 Å². The Kier molecular flexibility index (Phi) is 5.56. The lowest BCUT2D eigenvalue weighted by Crippen LogP contribution is -2.34. The van der Waals surface area contributed by atoms with Crippen LogP contribution >= 0.6 is 0 Å². The molecular weight excluding hydrogens is 381 g/mol. The highest BCUT2D eigenvalue weighted by atomic mass is 19.1. The van der Waals surface area contributed by atoms with Gasteiger partial charge in [-0.15, -0.1) is 0 Å². The lowest BCUT2D eigenvalue weighted by atomic mass is 9.93. The van der Waals surface area contributed by atoms with Gasteiger partial charge in [0.15, 0.2) is 5.65 Å². The number of benzene rings is 1. The van der Waals surface area contributed by atoms with Gasteiger partial charge in [-0.2, -0.15) is 5.10 Å². The van der Waals surface area contributed by atoms with E-state index in [1.807, 2.05) is 6.07 Å². The largest absolute Gasteiger partial charge is 0.349 e. The standard InChI is InChI=1S/C23H28FN5O/c1-23(2,3)20-15-21-26-18(16-8-4-5-9-17(16)24)14-19(29(21)27-20)22(30)25-10-13-28-11-6-7-12-28/h4-5,8-9,14-15H,6-7,10-13H2,1-3H3,(H,25,30). The van der Waals surface area contributed by atoms with Gasteiger partial charge in [-0.1, -0.05) is 32.9 Å². The third kappa shape index (κ3) is 4.21. The van der Waals surface area contributed by atoms with Gasteiger partial charge in [0.2, 0.25) is 0 Å². The van der Waals surface area contributed by atoms with Crippen LogP contribution in [0, 0.1) is 5.82 Å². The predicted octanol–water partition coefficient (Wildman–Crippen LogP) is 3.66. The minimum atomic E-state index is -0.370. The molecule has 0 atom stereocenters. The maximum atomic E-state index is 14.4. The predicted molar refractivity (Wildman–Crippen MR) is 115 cm³/mol. The smallest absolute Gasteiger partial charge is 0.270 e. The quantitative estimate of drug-likeness (QED) is 0.699. The maximum absolute atomic E-state index is 14.4. The average molecular weight is 410 g/mol. The third-order valence-corrected chi connectivity index (χ3v) is 5.49. The molecule has 0 radical (unpaired) electrons. The van der Waals surface area contributed by atoms with Crippen molar-refractivity contribution in [1.82, 2.24) is 24.8 Å². The van der Waals surface area contributed by atoms with Crippen LogP contribution in [0.25, 0.3) is 16.9 Å². The van der Waals surface area contributed by atoms with Crippen molar-refractivity contribution in [3.05, 3.63) is 53.6 Å². The van der Waals surface area contributed by atoms with E-state index in [-0.39, 0.29) is 17.1 Å². The first-order valence-corrected chi connectivity index (χ1v) is 10.5. The van der Waals surface area contributed by atoms with Crippen LogP contribution in [0.2, 0.25) is 0 Å². The minimum absolute atomic E-state index is 0.199. The van der Waals surface area contributed by atoms with Gasteiger partial charge >= 0.3 is 0 Å². The summed E-state index contributed by atoms with van der Waals surface area (Å²) in [7, 11) is 0. The van der Waals surface area contributed by atoms with Crippen LogP contribution in [0.4, 0.5) is 4.39 Å². The molecule has 0 spiro atoms. The van der Waals surface area contributed by atoms with E-state index in [0.29, 0.717) is 29.1 Å². The number of aromatic nitrogens is 3. The number of hydrogen-bond donors (Lipinski definition) is 1. The second-order valence-electron chi connectivity index (χ2n) is 8.86. The zero-order valence-corrected chi connectivity index (χ0v) is 17.8. The Morgan fingerprint density at radius 3 is 2.60 bits per heavy atom. The van der Waals surface area contributed by atoms with Crippen LogP contribution in [0.3, 0.4) is 0 Å². The van der Waals surface area contributed by atoms with E-state index in [9.17, 15) is 9.18 Å². The summed E-state index contributed by atoms with van der Waals surface area (Å²) < 4.78 is 16.0. The number of carbonyl (C=O) groups is 1. The molecule has 6 nitrogen and oxygen atoms in total. The topological polar surface area (TPSA) is 62.5 Å². The van der Waals surface area contributed by atoms with Gasteiger partial charge in [0.25, 0.3) is 5.91 Å². The van der Waals surface area contributed by atoms with Crippen LogP contribution in [-0.2, 0) is 5.41 Å². The van der Waals surface area contributed by atoms with Crippen LogP contribution in [-0.4, -0.2) is 51.6 Å². The maximum Gasteiger partial charge on any atom is 0.270 e. The van der Waals surface area contributed by atoms with Gasteiger partial charge in [-0.05, 0) is 44.1 Å². The summed E-state index contributed by atoms with van der Waals surface area (Å²) in [4.78, 5) is 20.0.